The number of hydrogen-bond acceptors (Lipinski definition) is 4. The molecule has 5 nitrogen and oxygen atoms in total. The lowest BCUT2D eigenvalue weighted by atomic mass is 10.3. The smallest absolute Gasteiger partial charge is 0.422 e. The topological polar surface area (TPSA) is 49.4 Å². The number of halogens is 3. The van der Waals surface area contributed by atoms with E-state index in [1.54, 1.807) is 24.4 Å². The van der Waals surface area contributed by atoms with Gasteiger partial charge in [0.1, 0.15) is 5.75 Å². The van der Waals surface area contributed by atoms with Crippen LogP contribution in [0.3, 0.4) is 0 Å². The second-order valence-electron chi connectivity index (χ2n) is 5.61. The molecule has 0 atom stereocenters. The highest BCUT2D eigenvalue weighted by Crippen LogP contribution is 2.26. The summed E-state index contributed by atoms with van der Waals surface area (Å²) in [5.41, 5.74) is 2.13. The van der Waals surface area contributed by atoms with Crippen LogP contribution in [0, 0.1) is 0 Å². The summed E-state index contributed by atoms with van der Waals surface area (Å²) in [5.74, 6) is 0.0710. The van der Waals surface area contributed by atoms with Crippen LogP contribution in [0.5, 0.6) is 5.75 Å². The molecular formula is C17H19F3N4OS. The number of ether oxygens (including phenoxy) is 1. The molecule has 0 unspecified atom stereocenters. The van der Waals surface area contributed by atoms with Crippen molar-refractivity contribution in [1.29, 1.82) is 0 Å². The second kappa shape index (κ2) is 8.70. The number of para-hydroxylation sites is 2. The van der Waals surface area contributed by atoms with Gasteiger partial charge >= 0.3 is 6.18 Å². The molecule has 1 aromatic carbocycles. The third kappa shape index (κ3) is 6.40. The summed E-state index contributed by atoms with van der Waals surface area (Å²) >= 11 is 5.20. The standard InChI is InChI=1S/C17H19F3N4OS/c1-24(2)13-7-8-21-12(9-13)10-22-16(26)23-14-5-3-4-6-15(14)25-11-17(18,19)20/h3-9H,10-11H2,1-2H3,(H2,22,23,26). The predicted molar refractivity (Wildman–Crippen MR) is 99.6 cm³/mol. The minimum Gasteiger partial charge on any atom is -0.482 e. The summed E-state index contributed by atoms with van der Waals surface area (Å²) in [4.78, 5) is 6.20. The Morgan fingerprint density at radius 1 is 1.23 bits per heavy atom. The number of hydrogen-bond donors (Lipinski definition) is 2. The van der Waals surface area contributed by atoms with Crippen LogP contribution in [0.1, 0.15) is 5.69 Å². The van der Waals surface area contributed by atoms with E-state index in [0.29, 0.717) is 12.2 Å². The van der Waals surface area contributed by atoms with Crippen molar-refractivity contribution in [2.24, 2.45) is 0 Å². The number of nitrogens with one attached hydrogen (secondary N) is 2. The van der Waals surface area contributed by atoms with E-state index in [4.69, 9.17) is 17.0 Å². The van der Waals surface area contributed by atoms with Crippen LogP contribution < -0.4 is 20.3 Å². The predicted octanol–water partition coefficient (Wildman–Crippen LogP) is 3.58. The number of anilines is 2. The van der Waals surface area contributed by atoms with Crippen LogP contribution in [-0.4, -0.2) is 37.0 Å². The average Bonchev–Trinajstić information content (AvgIpc) is 2.59. The van der Waals surface area contributed by atoms with E-state index in [2.05, 4.69) is 15.6 Å². The SMILES string of the molecule is CN(C)c1ccnc(CNC(=S)Nc2ccccc2OCC(F)(F)F)c1. The van der Waals surface area contributed by atoms with E-state index in [-0.39, 0.29) is 10.9 Å². The summed E-state index contributed by atoms with van der Waals surface area (Å²) in [7, 11) is 3.85. The summed E-state index contributed by atoms with van der Waals surface area (Å²) in [6.45, 7) is -0.994. The minimum atomic E-state index is -4.41. The van der Waals surface area contributed by atoms with Crippen molar-refractivity contribution < 1.29 is 17.9 Å². The zero-order valence-electron chi connectivity index (χ0n) is 14.3. The largest absolute Gasteiger partial charge is 0.482 e. The molecule has 9 heteroatoms. The Morgan fingerprint density at radius 3 is 2.65 bits per heavy atom. The highest BCUT2D eigenvalue weighted by Gasteiger charge is 2.28. The molecule has 0 aliphatic rings. The zero-order chi connectivity index (χ0) is 19.2. The minimum absolute atomic E-state index is 0.0710. The lowest BCUT2D eigenvalue weighted by Crippen LogP contribution is -2.28. The number of rotatable bonds is 6. The number of aromatic nitrogens is 1. The summed E-state index contributed by atoms with van der Waals surface area (Å²) < 4.78 is 41.8. The second-order valence-corrected chi connectivity index (χ2v) is 6.02. The van der Waals surface area contributed by atoms with Crippen LogP contribution >= 0.6 is 12.2 Å². The highest BCUT2D eigenvalue weighted by atomic mass is 32.1. The van der Waals surface area contributed by atoms with Gasteiger partial charge in [0.25, 0.3) is 0 Å². The van der Waals surface area contributed by atoms with E-state index in [1.165, 1.54) is 6.07 Å². The molecule has 140 valence electrons. The van der Waals surface area contributed by atoms with Gasteiger partial charge in [-0.3, -0.25) is 4.98 Å². The third-order valence-corrected chi connectivity index (χ3v) is 3.52. The number of alkyl halides is 3. The Bertz CT molecular complexity index is 753. The third-order valence-electron chi connectivity index (χ3n) is 3.27. The molecule has 0 radical (unpaired) electrons. The maximum absolute atomic E-state index is 12.3. The molecule has 2 rings (SSSR count). The molecule has 1 heterocycles. The molecule has 2 N–H and O–H groups in total. The van der Waals surface area contributed by atoms with E-state index >= 15 is 0 Å². The van der Waals surface area contributed by atoms with Crippen molar-refractivity contribution in [3.63, 3.8) is 0 Å². The van der Waals surface area contributed by atoms with Crippen molar-refractivity contribution >= 4 is 28.7 Å². The van der Waals surface area contributed by atoms with Gasteiger partial charge in [0.2, 0.25) is 0 Å². The Labute approximate surface area is 155 Å². The van der Waals surface area contributed by atoms with E-state index in [1.807, 2.05) is 31.1 Å². The number of benzene rings is 1. The zero-order valence-corrected chi connectivity index (χ0v) is 15.1. The Balaban J connectivity index is 1.95. The number of pyridine rings is 1. The fourth-order valence-corrected chi connectivity index (χ4v) is 2.22. The molecule has 0 bridgehead atoms. The van der Waals surface area contributed by atoms with Gasteiger partial charge in [-0.2, -0.15) is 13.2 Å². The lowest BCUT2D eigenvalue weighted by molar-refractivity contribution is -0.153. The summed E-state index contributed by atoms with van der Waals surface area (Å²) in [6.07, 6.45) is -2.71. The van der Waals surface area contributed by atoms with E-state index in [0.717, 1.165) is 11.4 Å². The molecule has 0 amide bonds. The molecule has 0 spiro atoms. The Hall–Kier alpha value is -2.55. The lowest BCUT2D eigenvalue weighted by Gasteiger charge is -2.16. The van der Waals surface area contributed by atoms with E-state index in [9.17, 15) is 13.2 Å². The van der Waals surface area contributed by atoms with Gasteiger partial charge in [-0.1, -0.05) is 12.1 Å². The summed E-state index contributed by atoms with van der Waals surface area (Å²) in [5, 5.41) is 6.07. The molecule has 0 aliphatic carbocycles. The van der Waals surface area contributed by atoms with Crippen molar-refractivity contribution in [3.8, 4) is 5.75 Å². The molecule has 2 aromatic rings. The first-order chi connectivity index (χ1) is 12.2. The molecular weight excluding hydrogens is 365 g/mol. The molecule has 0 saturated carbocycles. The molecule has 26 heavy (non-hydrogen) atoms. The maximum Gasteiger partial charge on any atom is 0.422 e. The van der Waals surface area contributed by atoms with Crippen molar-refractivity contribution in [3.05, 3.63) is 48.3 Å². The monoisotopic (exact) mass is 384 g/mol. The average molecular weight is 384 g/mol. The fourth-order valence-electron chi connectivity index (χ4n) is 2.03. The van der Waals surface area contributed by atoms with Crippen molar-refractivity contribution in [2.75, 3.05) is 30.9 Å². The van der Waals surface area contributed by atoms with Gasteiger partial charge in [-0.05, 0) is 36.5 Å². The first kappa shape index (κ1) is 19.8. The first-order valence-corrected chi connectivity index (χ1v) is 8.11. The fraction of sp³-hybridized carbons (Fsp3) is 0.294. The molecule has 0 aliphatic heterocycles. The summed E-state index contributed by atoms with van der Waals surface area (Å²) in [6, 6.07) is 10.1. The van der Waals surface area contributed by atoms with Gasteiger partial charge in [0.15, 0.2) is 11.7 Å². The normalized spacial score (nSPS) is 11.0. The molecule has 1 aromatic heterocycles. The first-order valence-electron chi connectivity index (χ1n) is 7.70. The van der Waals surface area contributed by atoms with Crippen LogP contribution in [0.25, 0.3) is 0 Å². The maximum atomic E-state index is 12.3. The van der Waals surface area contributed by atoms with Crippen LogP contribution in [0.4, 0.5) is 24.5 Å². The van der Waals surface area contributed by atoms with Gasteiger partial charge in [0, 0.05) is 26.0 Å². The number of thiocarbonyl (C=S) groups is 1. The van der Waals surface area contributed by atoms with Gasteiger partial charge in [0.05, 0.1) is 17.9 Å². The van der Waals surface area contributed by atoms with E-state index < -0.39 is 12.8 Å². The number of nitrogens with zero attached hydrogens (tertiary/aromatic N) is 2. The van der Waals surface area contributed by atoms with Crippen LogP contribution in [0.2, 0.25) is 0 Å². The van der Waals surface area contributed by atoms with Gasteiger partial charge in [-0.15, -0.1) is 0 Å². The highest BCUT2D eigenvalue weighted by molar-refractivity contribution is 7.80. The van der Waals surface area contributed by atoms with Crippen LogP contribution in [0.15, 0.2) is 42.6 Å². The van der Waals surface area contributed by atoms with Crippen LogP contribution in [-0.2, 0) is 6.54 Å². The van der Waals surface area contributed by atoms with Gasteiger partial charge < -0.3 is 20.3 Å². The van der Waals surface area contributed by atoms with Gasteiger partial charge in [-0.25, -0.2) is 0 Å². The van der Waals surface area contributed by atoms with Crippen molar-refractivity contribution in [1.82, 2.24) is 10.3 Å². The van der Waals surface area contributed by atoms with Crippen molar-refractivity contribution in [2.45, 2.75) is 12.7 Å². The quantitative estimate of drug-likeness (QED) is 0.743. The Morgan fingerprint density at radius 2 is 1.96 bits per heavy atom. The Kier molecular flexibility index (Phi) is 6.62. The molecule has 0 saturated heterocycles. The molecule has 0 fully saturated rings.